The van der Waals surface area contributed by atoms with Crippen molar-refractivity contribution in [3.63, 3.8) is 0 Å². The molecule has 17 heteroatoms. The highest BCUT2D eigenvalue weighted by Gasteiger charge is 2.35. The average Bonchev–Trinajstić information content (AvgIpc) is 3.39. The van der Waals surface area contributed by atoms with Crippen LogP contribution in [0.3, 0.4) is 0 Å². The lowest BCUT2D eigenvalue weighted by atomic mass is 10.1. The highest BCUT2D eigenvalue weighted by atomic mass is 16.4. The van der Waals surface area contributed by atoms with Crippen LogP contribution in [0.5, 0.6) is 0 Å². The summed E-state index contributed by atoms with van der Waals surface area (Å²) in [6.45, 7) is 4.29. The lowest BCUT2D eigenvalue weighted by Crippen LogP contribution is -2.56. The molecule has 0 spiro atoms. The molecule has 1 aliphatic rings. The number of likely N-dealkylation sites (tertiary alicyclic amines) is 1. The van der Waals surface area contributed by atoms with Gasteiger partial charge in [-0.25, -0.2) is 4.79 Å². The number of guanidine groups is 1. The summed E-state index contributed by atoms with van der Waals surface area (Å²) in [4.78, 5) is 79.3. The van der Waals surface area contributed by atoms with Crippen molar-refractivity contribution >= 4 is 41.5 Å². The zero-order chi connectivity index (χ0) is 31.3. The Hall–Kier alpha value is -3.99. The molecule has 1 rings (SSSR count). The number of aliphatic carboxylic acids is 1. The normalized spacial score (nSPS) is 17.5. The first-order valence-corrected chi connectivity index (χ1v) is 13.3. The summed E-state index contributed by atoms with van der Waals surface area (Å²) in [6.07, 6.45) is -0.254. The third-order valence-electron chi connectivity index (χ3n) is 6.38. The Morgan fingerprint density at radius 2 is 1.66 bits per heavy atom. The molecule has 0 aliphatic carbocycles. The number of hydrogen-bond acceptors (Lipinski definition) is 9. The van der Waals surface area contributed by atoms with E-state index in [1.54, 1.807) is 13.8 Å². The van der Waals surface area contributed by atoms with Gasteiger partial charge in [-0.05, 0) is 38.5 Å². The average molecular weight is 586 g/mol. The van der Waals surface area contributed by atoms with Gasteiger partial charge >= 0.3 is 5.97 Å². The molecule has 5 unspecified atom stereocenters. The van der Waals surface area contributed by atoms with Crippen LogP contribution in [0.1, 0.15) is 46.5 Å². The van der Waals surface area contributed by atoms with Crippen molar-refractivity contribution in [2.24, 2.45) is 28.1 Å². The molecule has 5 amide bonds. The number of amides is 5. The van der Waals surface area contributed by atoms with Crippen LogP contribution in [-0.2, 0) is 28.8 Å². The molecule has 232 valence electrons. The summed E-state index contributed by atoms with van der Waals surface area (Å²) < 4.78 is 0. The molecule has 0 aromatic rings. The monoisotopic (exact) mass is 585 g/mol. The van der Waals surface area contributed by atoms with Gasteiger partial charge in [-0.15, -0.1) is 0 Å². The highest BCUT2D eigenvalue weighted by Crippen LogP contribution is 2.17. The first-order valence-electron chi connectivity index (χ1n) is 13.3. The molecular weight excluding hydrogens is 542 g/mol. The minimum atomic E-state index is -1.61. The molecule has 1 fully saturated rings. The predicted octanol–water partition coefficient (Wildman–Crippen LogP) is -4.32. The van der Waals surface area contributed by atoms with Gasteiger partial charge in [-0.2, -0.15) is 0 Å². The Morgan fingerprint density at radius 3 is 2.22 bits per heavy atom. The van der Waals surface area contributed by atoms with E-state index in [0.717, 1.165) is 0 Å². The Kier molecular flexibility index (Phi) is 14.5. The summed E-state index contributed by atoms with van der Waals surface area (Å²) in [5.41, 5.74) is 16.3. The number of nitrogens with one attached hydrogen (secondary N) is 4. The Balaban J connectivity index is 2.75. The first-order chi connectivity index (χ1) is 19.1. The minimum absolute atomic E-state index is 0.0194. The topological polar surface area (TPSA) is 285 Å². The Labute approximate surface area is 238 Å². The molecule has 1 heterocycles. The fourth-order valence-corrected chi connectivity index (χ4v) is 3.97. The number of nitrogens with zero attached hydrogens (tertiary/aromatic N) is 2. The Bertz CT molecular complexity index is 984. The molecule has 0 bridgehead atoms. The van der Waals surface area contributed by atoms with Crippen LogP contribution in [0.2, 0.25) is 0 Å². The maximum absolute atomic E-state index is 12.8. The second kappa shape index (κ2) is 17.0. The van der Waals surface area contributed by atoms with Crippen LogP contribution in [-0.4, -0.2) is 113 Å². The molecule has 17 nitrogen and oxygen atoms in total. The van der Waals surface area contributed by atoms with Gasteiger partial charge in [0.05, 0.1) is 25.2 Å². The molecule has 0 aromatic carbocycles. The SMILES string of the molecule is CC(C)C(N)C(=O)NCC(=O)N1CCCC1C(=O)NCC(=O)NC(CCCN=C(N)N)C(=O)NC(C(=O)O)C(C)O. The maximum atomic E-state index is 12.8. The fourth-order valence-electron chi connectivity index (χ4n) is 3.97. The predicted molar refractivity (Wildman–Crippen MR) is 147 cm³/mol. The van der Waals surface area contributed by atoms with Crippen molar-refractivity contribution in [3.8, 4) is 0 Å². The van der Waals surface area contributed by atoms with E-state index in [9.17, 15) is 39.0 Å². The van der Waals surface area contributed by atoms with E-state index in [2.05, 4.69) is 26.3 Å². The lowest BCUT2D eigenvalue weighted by Gasteiger charge is -2.25. The number of aliphatic imine (C=N–C) groups is 1. The van der Waals surface area contributed by atoms with Gasteiger partial charge in [-0.3, -0.25) is 29.0 Å². The molecule has 41 heavy (non-hydrogen) atoms. The number of nitrogens with two attached hydrogens (primary N) is 3. The van der Waals surface area contributed by atoms with E-state index in [-0.39, 0.29) is 37.8 Å². The van der Waals surface area contributed by atoms with Crippen LogP contribution in [0.15, 0.2) is 4.99 Å². The van der Waals surface area contributed by atoms with E-state index in [1.807, 2.05) is 0 Å². The smallest absolute Gasteiger partial charge is 0.328 e. The number of aliphatic hydroxyl groups is 1. The summed E-state index contributed by atoms with van der Waals surface area (Å²) in [5, 5.41) is 28.4. The number of carbonyl (C=O) groups excluding carboxylic acids is 5. The van der Waals surface area contributed by atoms with Crippen LogP contribution in [0.4, 0.5) is 0 Å². The molecule has 1 aliphatic heterocycles. The summed E-state index contributed by atoms with van der Waals surface area (Å²) in [7, 11) is 0. The van der Waals surface area contributed by atoms with Gasteiger partial charge in [0.25, 0.3) is 0 Å². The second-order valence-corrected chi connectivity index (χ2v) is 10.1. The van der Waals surface area contributed by atoms with Crippen molar-refractivity contribution in [1.29, 1.82) is 0 Å². The third kappa shape index (κ3) is 12.0. The number of carbonyl (C=O) groups is 6. The molecule has 12 N–H and O–H groups in total. The fraction of sp³-hybridized carbons (Fsp3) is 0.708. The third-order valence-corrected chi connectivity index (χ3v) is 6.38. The van der Waals surface area contributed by atoms with Crippen LogP contribution >= 0.6 is 0 Å². The summed E-state index contributed by atoms with van der Waals surface area (Å²) in [5.74, 6) is -4.93. The molecule has 0 saturated carbocycles. The molecule has 1 saturated heterocycles. The van der Waals surface area contributed by atoms with Crippen LogP contribution in [0.25, 0.3) is 0 Å². The second-order valence-electron chi connectivity index (χ2n) is 10.1. The summed E-state index contributed by atoms with van der Waals surface area (Å²) >= 11 is 0. The largest absolute Gasteiger partial charge is 0.480 e. The van der Waals surface area contributed by atoms with E-state index in [4.69, 9.17) is 17.2 Å². The van der Waals surface area contributed by atoms with E-state index >= 15 is 0 Å². The van der Waals surface area contributed by atoms with Gasteiger partial charge in [-0.1, -0.05) is 13.8 Å². The molecule has 0 aromatic heterocycles. The van der Waals surface area contributed by atoms with Gasteiger partial charge in [0.15, 0.2) is 12.0 Å². The highest BCUT2D eigenvalue weighted by molar-refractivity contribution is 5.94. The van der Waals surface area contributed by atoms with Crippen molar-refractivity contribution in [2.75, 3.05) is 26.2 Å². The number of rotatable bonds is 16. The Morgan fingerprint density at radius 1 is 1.00 bits per heavy atom. The standard InChI is InChI=1S/C24H43N9O8/c1-12(2)18(25)22(39)30-11-17(36)33-9-5-7-15(33)21(38)29-10-16(35)31-14(6-4-8-28-24(26)27)20(37)32-19(13(3)34)23(40)41/h12-15,18-19,34H,4-11,25H2,1-3H3,(H,29,38)(H,30,39)(H,31,35)(H,32,37)(H,40,41)(H4,26,27,28). The zero-order valence-corrected chi connectivity index (χ0v) is 23.6. The van der Waals surface area contributed by atoms with Crippen molar-refractivity contribution < 1.29 is 39.0 Å². The first kappa shape index (κ1) is 35.0. The number of aliphatic hydroxyl groups excluding tert-OH is 1. The number of carboxylic acid groups (broad SMARTS) is 1. The minimum Gasteiger partial charge on any atom is -0.480 e. The van der Waals surface area contributed by atoms with Crippen LogP contribution < -0.4 is 38.5 Å². The van der Waals surface area contributed by atoms with Gasteiger partial charge in [0, 0.05) is 13.1 Å². The molecule has 0 radical (unpaired) electrons. The van der Waals surface area contributed by atoms with Gasteiger partial charge < -0.3 is 53.6 Å². The van der Waals surface area contributed by atoms with E-state index in [1.165, 1.54) is 11.8 Å². The molecule has 5 atom stereocenters. The quantitative estimate of drug-likeness (QED) is 0.0474. The van der Waals surface area contributed by atoms with E-state index < -0.39 is 72.3 Å². The molecular formula is C24H43N9O8. The van der Waals surface area contributed by atoms with Crippen molar-refractivity contribution in [3.05, 3.63) is 0 Å². The maximum Gasteiger partial charge on any atom is 0.328 e. The van der Waals surface area contributed by atoms with Gasteiger partial charge in [0.1, 0.15) is 12.1 Å². The zero-order valence-electron chi connectivity index (χ0n) is 23.6. The number of hydrogen-bond donors (Lipinski definition) is 9. The van der Waals surface area contributed by atoms with E-state index in [0.29, 0.717) is 19.4 Å². The summed E-state index contributed by atoms with van der Waals surface area (Å²) in [6, 6.07) is -4.47. The van der Waals surface area contributed by atoms with Crippen LogP contribution in [0, 0.1) is 5.92 Å². The van der Waals surface area contributed by atoms with Crippen molar-refractivity contribution in [1.82, 2.24) is 26.2 Å². The van der Waals surface area contributed by atoms with Crippen molar-refractivity contribution in [2.45, 2.75) is 76.7 Å². The number of carboxylic acids is 1. The lowest BCUT2D eigenvalue weighted by molar-refractivity contribution is -0.145. The van der Waals surface area contributed by atoms with Gasteiger partial charge in [0.2, 0.25) is 29.5 Å².